The fraction of sp³-hybridized carbons (Fsp3) is 0.816. The first kappa shape index (κ1) is 48.6. The molecule has 17 nitrogen and oxygen atoms in total. The smallest absolute Gasteiger partial charge is 0.407 e. The van der Waals surface area contributed by atoms with Crippen LogP contribution in [0, 0.1) is 17.8 Å². The summed E-state index contributed by atoms with van der Waals surface area (Å²) >= 11 is 1.08. The molecule has 1 saturated heterocycles. The van der Waals surface area contributed by atoms with Gasteiger partial charge in [-0.25, -0.2) is 14.6 Å². The summed E-state index contributed by atoms with van der Waals surface area (Å²) in [5.74, 6) is -2.96. The molecule has 0 radical (unpaired) electrons. The molecule has 0 aliphatic carbocycles. The van der Waals surface area contributed by atoms with E-state index in [4.69, 9.17) is 24.5 Å². The van der Waals surface area contributed by atoms with Gasteiger partial charge >= 0.3 is 12.1 Å². The van der Waals surface area contributed by atoms with Gasteiger partial charge in [0.25, 0.3) is 0 Å². The number of likely N-dealkylation sites (tertiary alicyclic amines) is 1. The zero-order valence-corrected chi connectivity index (χ0v) is 35.1. The lowest BCUT2D eigenvalue weighted by molar-refractivity contribution is -0.148. The number of hydrogen-bond acceptors (Lipinski definition) is 12. The van der Waals surface area contributed by atoms with Gasteiger partial charge in [0.2, 0.25) is 11.8 Å². The monoisotopic (exact) mass is 810 g/mol. The van der Waals surface area contributed by atoms with Crippen LogP contribution in [-0.2, 0) is 28.5 Å². The topological polar surface area (TPSA) is 218 Å². The van der Waals surface area contributed by atoms with Crippen molar-refractivity contribution in [3.05, 3.63) is 26.5 Å². The zero-order valence-electron chi connectivity index (χ0n) is 34.3. The highest BCUT2D eigenvalue weighted by Crippen LogP contribution is 2.33. The highest BCUT2D eigenvalue weighted by atomic mass is 32.1. The maximum Gasteiger partial charge on any atom is 0.407 e. The molecular formula is C38H66N8O9S. The van der Waals surface area contributed by atoms with Crippen LogP contribution < -0.4 is 10.6 Å². The number of carbonyl (C=O) groups excluding carboxylic acids is 3. The van der Waals surface area contributed by atoms with Gasteiger partial charge in [-0.15, -0.1) is 11.3 Å². The first-order chi connectivity index (χ1) is 26.9. The van der Waals surface area contributed by atoms with Crippen molar-refractivity contribution in [3.63, 3.8) is 0 Å². The molecule has 1 fully saturated rings. The van der Waals surface area contributed by atoms with Crippen molar-refractivity contribution >= 4 is 35.2 Å². The molecule has 0 bridgehead atoms. The second-order valence-electron chi connectivity index (χ2n) is 14.5. The van der Waals surface area contributed by atoms with Gasteiger partial charge in [0, 0.05) is 42.4 Å². The first-order valence-electron chi connectivity index (χ1n) is 20.1. The first-order valence-corrected chi connectivity index (χ1v) is 21.0. The Balaban J connectivity index is 2.20. The fourth-order valence-corrected chi connectivity index (χ4v) is 7.32. The number of hydrogen-bond donors (Lipinski definition) is 3. The molecule has 0 unspecified atom stereocenters. The van der Waals surface area contributed by atoms with E-state index in [0.29, 0.717) is 51.0 Å². The maximum atomic E-state index is 14.8. The number of unbranched alkanes of at least 4 members (excludes halogenated alkanes) is 3. The van der Waals surface area contributed by atoms with Crippen molar-refractivity contribution < 1.29 is 43.2 Å². The number of rotatable bonds is 29. The second kappa shape index (κ2) is 28.0. The third-order valence-corrected chi connectivity index (χ3v) is 10.9. The quantitative estimate of drug-likeness (QED) is 0.0280. The van der Waals surface area contributed by atoms with Gasteiger partial charge in [-0.05, 0) is 56.6 Å². The maximum absolute atomic E-state index is 14.8. The van der Waals surface area contributed by atoms with Crippen molar-refractivity contribution in [2.75, 3.05) is 72.9 Å². The van der Waals surface area contributed by atoms with E-state index in [0.717, 1.165) is 62.8 Å². The highest BCUT2D eigenvalue weighted by molar-refractivity contribution is 7.09. The van der Waals surface area contributed by atoms with E-state index in [2.05, 4.69) is 37.5 Å². The van der Waals surface area contributed by atoms with Crippen LogP contribution in [0.5, 0.6) is 0 Å². The van der Waals surface area contributed by atoms with Crippen LogP contribution in [-0.4, -0.2) is 129 Å². The summed E-state index contributed by atoms with van der Waals surface area (Å²) in [6.07, 6.45) is 5.53. The number of alkyl carbamates (subject to hydrolysis) is 1. The number of amides is 3. The molecule has 2 heterocycles. The fourth-order valence-electron chi connectivity index (χ4n) is 6.49. The van der Waals surface area contributed by atoms with Crippen molar-refractivity contribution in [2.45, 2.75) is 111 Å². The Bertz CT molecular complexity index is 1360. The summed E-state index contributed by atoms with van der Waals surface area (Å²) in [7, 11) is 1.99. The van der Waals surface area contributed by atoms with Crippen LogP contribution >= 0.6 is 11.3 Å². The molecule has 0 saturated carbocycles. The standard InChI is InChI=1S/C38H66N8O9S/c1-7-9-10-12-18-46(36(48)33(28(5)8-2)34(47)43-32-14-11-13-17-45(32)6)30(27(3)4)25-31(35-42-29(26-56-35)37(49)50)55-38(51)40-15-19-52-21-23-54-24-22-53-20-16-41-44-39/h26-28,30-33H,7-25H2,1-6H3,(H,40,51)(H,43,47)(H,49,50)/t28-,30+,31+,32+,33-/m0/s1. The van der Waals surface area contributed by atoms with E-state index in [1.165, 1.54) is 5.38 Å². The Hall–Kier alpha value is -3.54. The van der Waals surface area contributed by atoms with Crippen LogP contribution in [0.25, 0.3) is 10.4 Å². The van der Waals surface area contributed by atoms with Gasteiger partial charge in [-0.3, -0.25) is 14.5 Å². The van der Waals surface area contributed by atoms with Crippen molar-refractivity contribution in [1.82, 2.24) is 25.4 Å². The molecule has 1 aliphatic rings. The van der Waals surface area contributed by atoms with Crippen LogP contribution in [0.15, 0.2) is 10.5 Å². The molecule has 2 rings (SSSR count). The Morgan fingerprint density at radius 3 is 2.36 bits per heavy atom. The number of carboxylic acid groups (broad SMARTS) is 1. The summed E-state index contributed by atoms with van der Waals surface area (Å²) in [5.41, 5.74) is 8.10. The highest BCUT2D eigenvalue weighted by Gasteiger charge is 2.40. The van der Waals surface area contributed by atoms with Crippen LogP contribution in [0.1, 0.15) is 114 Å². The predicted molar refractivity (Wildman–Crippen MR) is 213 cm³/mol. The number of piperidine rings is 1. The molecule has 1 aromatic heterocycles. The minimum atomic E-state index is -1.20. The molecule has 0 spiro atoms. The van der Waals surface area contributed by atoms with Crippen molar-refractivity contribution in [1.29, 1.82) is 0 Å². The molecule has 318 valence electrons. The summed E-state index contributed by atoms with van der Waals surface area (Å²) in [4.78, 5) is 64.7. The zero-order chi connectivity index (χ0) is 41.3. The molecule has 56 heavy (non-hydrogen) atoms. The third-order valence-electron chi connectivity index (χ3n) is 9.93. The number of carbonyl (C=O) groups is 4. The molecule has 1 aromatic rings. The molecule has 3 N–H and O–H groups in total. The lowest BCUT2D eigenvalue weighted by Gasteiger charge is -2.40. The molecular weight excluding hydrogens is 745 g/mol. The summed E-state index contributed by atoms with van der Waals surface area (Å²) in [5, 5.41) is 20.6. The van der Waals surface area contributed by atoms with Gasteiger partial charge in [0.1, 0.15) is 10.9 Å². The normalized spacial score (nSPS) is 16.7. The van der Waals surface area contributed by atoms with Crippen molar-refractivity contribution in [2.24, 2.45) is 22.9 Å². The molecule has 3 amide bonds. The van der Waals surface area contributed by atoms with Crippen LogP contribution in [0.4, 0.5) is 4.79 Å². The molecule has 18 heteroatoms. The number of aromatic nitrogens is 1. The van der Waals surface area contributed by atoms with E-state index >= 15 is 0 Å². The minimum Gasteiger partial charge on any atom is -0.476 e. The predicted octanol–water partition coefficient (Wildman–Crippen LogP) is 6.01. The summed E-state index contributed by atoms with van der Waals surface area (Å²) in [6, 6.07) is -0.462. The average molecular weight is 811 g/mol. The largest absolute Gasteiger partial charge is 0.476 e. The summed E-state index contributed by atoms with van der Waals surface area (Å²) in [6.45, 7) is 13.6. The van der Waals surface area contributed by atoms with E-state index in [-0.39, 0.29) is 61.6 Å². The Labute approximate surface area is 336 Å². The number of aromatic carboxylic acids is 1. The average Bonchev–Trinajstić information content (AvgIpc) is 3.67. The molecule has 5 atom stereocenters. The summed E-state index contributed by atoms with van der Waals surface area (Å²) < 4.78 is 22.2. The van der Waals surface area contributed by atoms with Gasteiger partial charge in [-0.2, -0.15) is 0 Å². The number of nitrogens with one attached hydrogen (secondary N) is 2. The van der Waals surface area contributed by atoms with E-state index in [9.17, 15) is 24.3 Å². The number of nitrogens with zero attached hydrogens (tertiary/aromatic N) is 6. The van der Waals surface area contributed by atoms with E-state index in [1.54, 1.807) is 0 Å². The lowest BCUT2D eigenvalue weighted by atomic mass is 9.87. The van der Waals surface area contributed by atoms with Gasteiger partial charge in [0.05, 0.1) is 45.8 Å². The van der Waals surface area contributed by atoms with Gasteiger partial charge < -0.3 is 39.6 Å². The molecule has 0 aromatic carbocycles. The van der Waals surface area contributed by atoms with Gasteiger partial charge in [0.15, 0.2) is 11.8 Å². The second-order valence-corrected chi connectivity index (χ2v) is 15.4. The van der Waals surface area contributed by atoms with Crippen LogP contribution in [0.3, 0.4) is 0 Å². The lowest BCUT2D eigenvalue weighted by Crippen LogP contribution is -2.56. The number of carboxylic acids is 1. The Morgan fingerprint density at radius 2 is 1.75 bits per heavy atom. The third kappa shape index (κ3) is 17.7. The Kier molecular flexibility index (Phi) is 24.3. The SMILES string of the molecule is CCCCCCN(C(=O)[C@H](C(=O)N[C@H]1CCCCN1C)[C@@H](C)CC)[C@H](C[C@@H](OC(=O)NCCOCCOCCOCCN=[N+]=[N-])c1nc(C(=O)O)cs1)C(C)C. The molecule has 1 aliphatic heterocycles. The van der Waals surface area contributed by atoms with Crippen molar-refractivity contribution in [3.8, 4) is 0 Å². The number of ether oxygens (including phenoxy) is 4. The number of azide groups is 1. The minimum absolute atomic E-state index is 0.108. The van der Waals surface area contributed by atoms with E-state index in [1.807, 2.05) is 39.6 Å². The Morgan fingerprint density at radius 1 is 1.05 bits per heavy atom. The number of thiazole rings is 1. The van der Waals surface area contributed by atoms with E-state index < -0.39 is 30.1 Å². The van der Waals surface area contributed by atoms with Gasteiger partial charge in [-0.1, -0.05) is 65.4 Å². The van der Waals surface area contributed by atoms with Crippen LogP contribution in [0.2, 0.25) is 0 Å².